The number of nitrogens with one attached hydrogen (secondary N) is 2. The van der Waals surface area contributed by atoms with E-state index in [1.165, 1.54) is 10.6 Å². The Balaban J connectivity index is 1.78. The molecule has 1 aromatic carbocycles. The SMILES string of the molecule is Cc1nc2cc(C3C[C@H](C)CCN3C(=O)c3cc(F)ccc3NS(C)(=O)=O)[nH]n2c(=O)c1C. The number of anilines is 1. The molecule has 0 spiro atoms. The van der Waals surface area contributed by atoms with Crippen molar-refractivity contribution in [1.82, 2.24) is 19.5 Å². The van der Waals surface area contributed by atoms with Crippen LogP contribution in [0.2, 0.25) is 0 Å². The van der Waals surface area contributed by atoms with Crippen LogP contribution in [0.5, 0.6) is 0 Å². The number of fused-ring (bicyclic) bond motifs is 1. The van der Waals surface area contributed by atoms with Gasteiger partial charge >= 0.3 is 0 Å². The minimum Gasteiger partial charge on any atom is -0.330 e. The smallest absolute Gasteiger partial charge is 0.275 e. The number of likely N-dealkylation sites (tertiary alicyclic amines) is 1. The summed E-state index contributed by atoms with van der Waals surface area (Å²) in [5.74, 6) is -0.838. The fourth-order valence-electron chi connectivity index (χ4n) is 4.22. The number of halogens is 1. The number of hydrogen-bond donors (Lipinski definition) is 2. The number of aromatic nitrogens is 3. The number of nitrogens with zero attached hydrogens (tertiary/aromatic N) is 3. The fourth-order valence-corrected chi connectivity index (χ4v) is 4.80. The number of hydrogen-bond acceptors (Lipinski definition) is 5. The number of aryl methyl sites for hydroxylation is 1. The summed E-state index contributed by atoms with van der Waals surface area (Å²) < 4.78 is 41.3. The molecule has 0 saturated carbocycles. The molecule has 1 fully saturated rings. The molecule has 2 N–H and O–H groups in total. The monoisotopic (exact) mass is 475 g/mol. The van der Waals surface area contributed by atoms with E-state index in [1.54, 1.807) is 24.8 Å². The van der Waals surface area contributed by atoms with Gasteiger partial charge in [-0.25, -0.2) is 22.3 Å². The second-order valence-electron chi connectivity index (χ2n) is 8.74. The Morgan fingerprint density at radius 1 is 1.27 bits per heavy atom. The lowest BCUT2D eigenvalue weighted by atomic mass is 9.90. The van der Waals surface area contributed by atoms with Crippen molar-refractivity contribution in [3.63, 3.8) is 0 Å². The van der Waals surface area contributed by atoms with Gasteiger partial charge < -0.3 is 4.90 Å². The van der Waals surface area contributed by atoms with Crippen LogP contribution < -0.4 is 10.3 Å². The van der Waals surface area contributed by atoms with Gasteiger partial charge in [-0.2, -0.15) is 0 Å². The van der Waals surface area contributed by atoms with E-state index < -0.39 is 27.8 Å². The zero-order chi connectivity index (χ0) is 24.1. The summed E-state index contributed by atoms with van der Waals surface area (Å²) in [6.07, 6.45) is 2.33. The fraction of sp³-hybridized carbons (Fsp3) is 0.409. The third-order valence-electron chi connectivity index (χ3n) is 6.10. The first-order chi connectivity index (χ1) is 15.4. The van der Waals surface area contributed by atoms with Gasteiger partial charge in [-0.3, -0.25) is 19.4 Å². The van der Waals surface area contributed by atoms with E-state index in [1.807, 2.05) is 0 Å². The number of sulfonamides is 1. The molecule has 3 aromatic rings. The number of H-pyrrole nitrogens is 1. The molecule has 1 aliphatic heterocycles. The van der Waals surface area contributed by atoms with Gasteiger partial charge in [-0.05, 0) is 50.8 Å². The second kappa shape index (κ2) is 8.29. The van der Waals surface area contributed by atoms with E-state index in [0.717, 1.165) is 24.8 Å². The number of piperidine rings is 1. The summed E-state index contributed by atoms with van der Waals surface area (Å²) in [6.45, 7) is 5.95. The predicted molar refractivity (Wildman–Crippen MR) is 122 cm³/mol. The Labute approximate surface area is 190 Å². The molecule has 1 saturated heterocycles. The normalized spacial score (nSPS) is 19.1. The highest BCUT2D eigenvalue weighted by molar-refractivity contribution is 7.92. The Bertz CT molecular complexity index is 1410. The average Bonchev–Trinajstić information content (AvgIpc) is 3.16. The summed E-state index contributed by atoms with van der Waals surface area (Å²) in [4.78, 5) is 32.3. The third-order valence-corrected chi connectivity index (χ3v) is 6.69. The van der Waals surface area contributed by atoms with E-state index in [-0.39, 0.29) is 16.8 Å². The molecule has 0 radical (unpaired) electrons. The third kappa shape index (κ3) is 4.50. The number of benzene rings is 1. The largest absolute Gasteiger partial charge is 0.330 e. The topological polar surface area (TPSA) is 117 Å². The summed E-state index contributed by atoms with van der Waals surface area (Å²) in [5, 5.41) is 3.08. The molecule has 0 bridgehead atoms. The van der Waals surface area contributed by atoms with Crippen LogP contribution in [0.25, 0.3) is 5.65 Å². The molecular formula is C22H26FN5O4S. The number of aromatic amines is 1. The maximum Gasteiger partial charge on any atom is 0.275 e. The molecule has 4 rings (SSSR count). The molecule has 2 aromatic heterocycles. The van der Waals surface area contributed by atoms with Crippen LogP contribution >= 0.6 is 0 Å². The van der Waals surface area contributed by atoms with Crippen LogP contribution in [0.3, 0.4) is 0 Å². The number of amides is 1. The minimum atomic E-state index is -3.68. The lowest BCUT2D eigenvalue weighted by Crippen LogP contribution is -2.41. The van der Waals surface area contributed by atoms with Gasteiger partial charge in [-0.1, -0.05) is 6.92 Å². The molecule has 0 aliphatic carbocycles. The van der Waals surface area contributed by atoms with Gasteiger partial charge in [0.15, 0.2) is 5.65 Å². The Morgan fingerprint density at radius 3 is 2.70 bits per heavy atom. The molecule has 2 atom stereocenters. The van der Waals surface area contributed by atoms with E-state index >= 15 is 0 Å². The molecule has 1 aliphatic rings. The molecule has 11 heteroatoms. The van der Waals surface area contributed by atoms with Crippen molar-refractivity contribution in [1.29, 1.82) is 0 Å². The molecule has 176 valence electrons. The van der Waals surface area contributed by atoms with Gasteiger partial charge in [0.05, 0.1) is 29.2 Å². The van der Waals surface area contributed by atoms with Crippen LogP contribution in [0.4, 0.5) is 10.1 Å². The first-order valence-corrected chi connectivity index (χ1v) is 12.5. The maximum atomic E-state index is 14.0. The first-order valence-electron chi connectivity index (χ1n) is 10.6. The number of carbonyl (C=O) groups is 1. The van der Waals surface area contributed by atoms with Gasteiger partial charge in [0.25, 0.3) is 11.5 Å². The standard InChI is InChI=1S/C22H26FN5O4S/c1-12-7-8-27(22(30)16-10-15(23)5-6-17(16)26-33(4,31)32)19(9-12)18-11-20-24-14(3)13(2)21(29)28(20)25-18/h5-6,10-12,19,25-26H,7-9H2,1-4H3/t12-,19?/m1/s1. The summed E-state index contributed by atoms with van der Waals surface area (Å²) in [5.41, 5.74) is 1.98. The summed E-state index contributed by atoms with van der Waals surface area (Å²) in [6, 6.07) is 4.70. The zero-order valence-corrected chi connectivity index (χ0v) is 19.7. The van der Waals surface area contributed by atoms with Crippen LogP contribution in [-0.4, -0.2) is 46.6 Å². The van der Waals surface area contributed by atoms with Crippen LogP contribution in [0.15, 0.2) is 29.1 Å². The van der Waals surface area contributed by atoms with Crippen LogP contribution in [0.1, 0.15) is 53.1 Å². The molecule has 1 unspecified atom stereocenters. The van der Waals surface area contributed by atoms with Gasteiger partial charge in [0.2, 0.25) is 10.0 Å². The Kier molecular flexibility index (Phi) is 5.77. The lowest BCUT2D eigenvalue weighted by Gasteiger charge is -2.38. The minimum absolute atomic E-state index is 0.0158. The van der Waals surface area contributed by atoms with Crippen molar-refractivity contribution in [2.45, 2.75) is 39.7 Å². The zero-order valence-electron chi connectivity index (χ0n) is 18.8. The van der Waals surface area contributed by atoms with Crippen molar-refractivity contribution < 1.29 is 17.6 Å². The molecule has 3 heterocycles. The number of rotatable bonds is 4. The van der Waals surface area contributed by atoms with E-state index in [9.17, 15) is 22.4 Å². The first kappa shape index (κ1) is 23.0. The highest BCUT2D eigenvalue weighted by atomic mass is 32.2. The van der Waals surface area contributed by atoms with Crippen LogP contribution in [0, 0.1) is 25.6 Å². The van der Waals surface area contributed by atoms with Crippen molar-refractivity contribution >= 4 is 27.3 Å². The van der Waals surface area contributed by atoms with E-state index in [4.69, 9.17) is 0 Å². The molecule has 33 heavy (non-hydrogen) atoms. The summed E-state index contributed by atoms with van der Waals surface area (Å²) in [7, 11) is -3.68. The average molecular weight is 476 g/mol. The lowest BCUT2D eigenvalue weighted by molar-refractivity contribution is 0.0552. The highest BCUT2D eigenvalue weighted by Gasteiger charge is 2.34. The Morgan fingerprint density at radius 2 is 2.00 bits per heavy atom. The molecule has 9 nitrogen and oxygen atoms in total. The second-order valence-corrected chi connectivity index (χ2v) is 10.5. The van der Waals surface area contributed by atoms with Crippen molar-refractivity contribution in [3.8, 4) is 0 Å². The predicted octanol–water partition coefficient (Wildman–Crippen LogP) is 2.76. The van der Waals surface area contributed by atoms with Gasteiger partial charge in [0.1, 0.15) is 5.82 Å². The van der Waals surface area contributed by atoms with Crippen molar-refractivity contribution in [3.05, 3.63) is 63.0 Å². The summed E-state index contributed by atoms with van der Waals surface area (Å²) >= 11 is 0. The maximum absolute atomic E-state index is 14.0. The quantitative estimate of drug-likeness (QED) is 0.602. The van der Waals surface area contributed by atoms with E-state index in [2.05, 4.69) is 21.7 Å². The molecule has 1 amide bonds. The van der Waals surface area contributed by atoms with Crippen molar-refractivity contribution in [2.75, 3.05) is 17.5 Å². The van der Waals surface area contributed by atoms with Crippen LogP contribution in [-0.2, 0) is 10.0 Å². The Hall–Kier alpha value is -3.21. The van der Waals surface area contributed by atoms with Crippen molar-refractivity contribution in [2.24, 2.45) is 5.92 Å². The van der Waals surface area contributed by atoms with Gasteiger partial charge in [0, 0.05) is 23.9 Å². The highest BCUT2D eigenvalue weighted by Crippen LogP contribution is 2.35. The van der Waals surface area contributed by atoms with Gasteiger partial charge in [-0.15, -0.1) is 0 Å². The molecular weight excluding hydrogens is 449 g/mol. The van der Waals surface area contributed by atoms with E-state index in [0.29, 0.717) is 41.5 Å². The number of carbonyl (C=O) groups excluding carboxylic acids is 1.